The molecule has 108 valence electrons. The number of carbonyl (C=O) groups excluding carboxylic acids is 1. The first-order valence-electron chi connectivity index (χ1n) is 6.13. The molecule has 0 aliphatic heterocycles. The number of aryl methyl sites for hydroxylation is 1. The number of carbonyl (C=O) groups is 1. The molecule has 0 aromatic carbocycles. The van der Waals surface area contributed by atoms with E-state index in [1.54, 1.807) is 19.1 Å². The van der Waals surface area contributed by atoms with Crippen LogP contribution in [0, 0.1) is 6.92 Å². The van der Waals surface area contributed by atoms with Crippen LogP contribution in [0.3, 0.4) is 0 Å². The fourth-order valence-electron chi connectivity index (χ4n) is 2.08. The highest BCUT2D eigenvalue weighted by Gasteiger charge is 2.15. The predicted molar refractivity (Wildman–Crippen MR) is 78.1 cm³/mol. The van der Waals surface area contributed by atoms with Crippen molar-refractivity contribution in [2.75, 3.05) is 0 Å². The third kappa shape index (κ3) is 2.34. The Morgan fingerprint density at radius 3 is 3.14 bits per heavy atom. The molecule has 21 heavy (non-hydrogen) atoms. The monoisotopic (exact) mass is 304 g/mol. The summed E-state index contributed by atoms with van der Waals surface area (Å²) in [6.45, 7) is 1.94. The average molecular weight is 304 g/mol. The van der Waals surface area contributed by atoms with Crippen molar-refractivity contribution in [3.63, 3.8) is 0 Å². The van der Waals surface area contributed by atoms with Gasteiger partial charge in [0, 0.05) is 5.56 Å². The van der Waals surface area contributed by atoms with Gasteiger partial charge in [0.05, 0.1) is 18.4 Å². The molecule has 0 spiro atoms. The predicted octanol–water partition coefficient (Wildman–Crippen LogP) is 1.01. The Morgan fingerprint density at radius 1 is 1.57 bits per heavy atom. The zero-order valence-corrected chi connectivity index (χ0v) is 11.9. The van der Waals surface area contributed by atoms with Gasteiger partial charge in [0.25, 0.3) is 5.56 Å². The van der Waals surface area contributed by atoms with Crippen molar-refractivity contribution < 1.29 is 9.21 Å². The van der Waals surface area contributed by atoms with E-state index >= 15 is 0 Å². The molecule has 3 heterocycles. The number of nitrogens with two attached hydrogens (primary N) is 1. The molecule has 3 N–H and O–H groups in total. The van der Waals surface area contributed by atoms with Crippen LogP contribution >= 0.6 is 11.3 Å². The lowest BCUT2D eigenvalue weighted by atomic mass is 10.2. The molecular weight excluding hydrogens is 292 g/mol. The molecular formula is C13H12N4O3S. The SMILES string of the molecule is Cc1cc(Cn2cnc3ccsc3c2=O)oc1C(=O)NN. The topological polar surface area (TPSA) is 103 Å². The van der Waals surface area contributed by atoms with Crippen molar-refractivity contribution in [1.82, 2.24) is 15.0 Å². The van der Waals surface area contributed by atoms with Crippen LogP contribution in [0.2, 0.25) is 0 Å². The van der Waals surface area contributed by atoms with Crippen LogP contribution in [0.1, 0.15) is 21.9 Å². The van der Waals surface area contributed by atoms with E-state index in [1.165, 1.54) is 22.2 Å². The number of nitrogens with zero attached hydrogens (tertiary/aromatic N) is 2. The second-order valence-corrected chi connectivity index (χ2v) is 5.43. The molecule has 3 aromatic rings. The number of amides is 1. The van der Waals surface area contributed by atoms with Crippen LogP contribution in [-0.4, -0.2) is 15.5 Å². The van der Waals surface area contributed by atoms with Crippen molar-refractivity contribution >= 4 is 27.5 Å². The van der Waals surface area contributed by atoms with E-state index in [0.717, 1.165) is 0 Å². The van der Waals surface area contributed by atoms with Gasteiger partial charge in [-0.15, -0.1) is 11.3 Å². The van der Waals surface area contributed by atoms with Gasteiger partial charge in [0.2, 0.25) is 0 Å². The fraction of sp³-hybridized carbons (Fsp3) is 0.154. The van der Waals surface area contributed by atoms with Gasteiger partial charge in [-0.1, -0.05) is 0 Å². The number of fused-ring (bicyclic) bond motifs is 1. The third-order valence-electron chi connectivity index (χ3n) is 3.07. The minimum Gasteiger partial charge on any atom is -0.454 e. The average Bonchev–Trinajstić information content (AvgIpc) is 3.08. The molecule has 0 unspecified atom stereocenters. The summed E-state index contributed by atoms with van der Waals surface area (Å²) >= 11 is 1.35. The van der Waals surface area contributed by atoms with Crippen molar-refractivity contribution in [1.29, 1.82) is 0 Å². The minimum atomic E-state index is -0.502. The van der Waals surface area contributed by atoms with Crippen molar-refractivity contribution in [2.24, 2.45) is 5.84 Å². The lowest BCUT2D eigenvalue weighted by Gasteiger charge is -2.02. The van der Waals surface area contributed by atoms with Gasteiger partial charge in [0.1, 0.15) is 10.5 Å². The van der Waals surface area contributed by atoms with E-state index in [9.17, 15) is 9.59 Å². The second-order valence-electron chi connectivity index (χ2n) is 4.51. The summed E-state index contributed by atoms with van der Waals surface area (Å²) in [5, 5.41) is 1.82. The molecule has 3 aromatic heterocycles. The Kier molecular flexibility index (Phi) is 3.32. The molecule has 0 atom stereocenters. The maximum atomic E-state index is 12.3. The van der Waals surface area contributed by atoms with Gasteiger partial charge in [-0.2, -0.15) is 0 Å². The molecule has 0 saturated carbocycles. The number of hydrogen-bond acceptors (Lipinski definition) is 6. The van der Waals surface area contributed by atoms with Gasteiger partial charge in [-0.25, -0.2) is 10.8 Å². The first-order chi connectivity index (χ1) is 10.1. The third-order valence-corrected chi connectivity index (χ3v) is 3.96. The van der Waals surface area contributed by atoms with Crippen LogP contribution in [0.5, 0.6) is 0 Å². The largest absolute Gasteiger partial charge is 0.454 e. The summed E-state index contributed by atoms with van der Waals surface area (Å²) in [5.74, 6) is 5.22. The first kappa shape index (κ1) is 13.5. The van der Waals surface area contributed by atoms with Gasteiger partial charge in [-0.3, -0.25) is 19.6 Å². The molecule has 3 rings (SSSR count). The molecule has 0 aliphatic rings. The second kappa shape index (κ2) is 5.15. The maximum Gasteiger partial charge on any atom is 0.301 e. The highest BCUT2D eigenvalue weighted by molar-refractivity contribution is 7.17. The van der Waals surface area contributed by atoms with E-state index in [2.05, 4.69) is 4.98 Å². The zero-order chi connectivity index (χ0) is 15.0. The number of hydrogen-bond donors (Lipinski definition) is 2. The lowest BCUT2D eigenvalue weighted by molar-refractivity contribution is 0.0923. The van der Waals surface area contributed by atoms with Crippen LogP contribution < -0.4 is 16.8 Å². The normalized spacial score (nSPS) is 11.0. The number of aromatic nitrogens is 2. The van der Waals surface area contributed by atoms with E-state index in [4.69, 9.17) is 10.3 Å². The number of nitrogen functional groups attached to an aromatic ring is 1. The molecule has 0 fully saturated rings. The van der Waals surface area contributed by atoms with Crippen molar-refractivity contribution in [3.05, 3.63) is 51.3 Å². The standard InChI is InChI=1S/C13H12N4O3S/c1-7-4-8(20-10(7)12(18)16-14)5-17-6-15-9-2-3-21-11(9)13(17)19/h2-4,6H,5,14H2,1H3,(H,16,18). The van der Waals surface area contributed by atoms with Crippen molar-refractivity contribution in [3.8, 4) is 0 Å². The van der Waals surface area contributed by atoms with Gasteiger partial charge < -0.3 is 4.42 Å². The summed E-state index contributed by atoms with van der Waals surface area (Å²) in [5.41, 5.74) is 3.23. The number of thiophene rings is 1. The molecule has 0 aliphatic carbocycles. The molecule has 0 saturated heterocycles. The molecule has 1 amide bonds. The first-order valence-corrected chi connectivity index (χ1v) is 7.01. The van der Waals surface area contributed by atoms with Gasteiger partial charge >= 0.3 is 5.91 Å². The summed E-state index contributed by atoms with van der Waals surface area (Å²) in [6.07, 6.45) is 1.47. The van der Waals surface area contributed by atoms with Crippen molar-refractivity contribution in [2.45, 2.75) is 13.5 Å². The fourth-order valence-corrected chi connectivity index (χ4v) is 2.87. The number of nitrogens with one attached hydrogen (secondary N) is 1. The van der Waals surface area contributed by atoms with Crippen LogP contribution in [-0.2, 0) is 6.54 Å². The molecule has 8 heteroatoms. The number of rotatable bonds is 3. The molecule has 0 bridgehead atoms. The smallest absolute Gasteiger partial charge is 0.301 e. The van der Waals surface area contributed by atoms with Gasteiger partial charge in [0.15, 0.2) is 5.76 Å². The summed E-state index contributed by atoms with van der Waals surface area (Å²) in [7, 11) is 0. The highest BCUT2D eigenvalue weighted by atomic mass is 32.1. The van der Waals surface area contributed by atoms with E-state index < -0.39 is 5.91 Å². The Labute approximate surface area is 123 Å². The highest BCUT2D eigenvalue weighted by Crippen LogP contribution is 2.17. The Hall–Kier alpha value is -2.45. The quantitative estimate of drug-likeness (QED) is 0.427. The van der Waals surface area contributed by atoms with E-state index in [1.807, 2.05) is 10.8 Å². The maximum absolute atomic E-state index is 12.3. The summed E-state index contributed by atoms with van der Waals surface area (Å²) in [6, 6.07) is 3.50. The minimum absolute atomic E-state index is 0.131. The molecule has 0 radical (unpaired) electrons. The summed E-state index contributed by atoms with van der Waals surface area (Å²) < 4.78 is 7.49. The van der Waals surface area contributed by atoms with Crippen LogP contribution in [0.15, 0.2) is 33.1 Å². The Bertz CT molecular complexity index is 877. The number of furan rings is 1. The van der Waals surface area contributed by atoms with Gasteiger partial charge in [-0.05, 0) is 24.4 Å². The Morgan fingerprint density at radius 2 is 2.38 bits per heavy atom. The number of hydrazine groups is 1. The van der Waals surface area contributed by atoms with Crippen LogP contribution in [0.4, 0.5) is 0 Å². The molecule has 7 nitrogen and oxygen atoms in total. The lowest BCUT2D eigenvalue weighted by Crippen LogP contribution is -2.30. The van der Waals surface area contributed by atoms with E-state index in [0.29, 0.717) is 21.5 Å². The zero-order valence-electron chi connectivity index (χ0n) is 11.1. The van der Waals surface area contributed by atoms with E-state index in [-0.39, 0.29) is 17.9 Å². The Balaban J connectivity index is 1.97. The summed E-state index contributed by atoms with van der Waals surface area (Å²) in [4.78, 5) is 28.0. The van der Waals surface area contributed by atoms with Crippen LogP contribution in [0.25, 0.3) is 10.2 Å².